The number of phenols is 3. The van der Waals surface area contributed by atoms with Crippen LogP contribution in [0.15, 0.2) is 56.9 Å². The molecule has 22 heteroatoms. The molecule has 0 saturated carbocycles. The summed E-state index contributed by atoms with van der Waals surface area (Å²) in [5.41, 5.74) is 0.695. The number of hydrogen-bond acceptors (Lipinski definition) is 21. The number of carboxylic acids is 1. The number of fused-ring (bicyclic) bond motifs is 3. The highest BCUT2D eigenvalue weighted by atomic mass is 16.8. The van der Waals surface area contributed by atoms with Gasteiger partial charge in [-0.3, -0.25) is 10.1 Å². The monoisotopic (exact) mass is 886 g/mol. The molecule has 1 unspecified atom stereocenters. The zero-order valence-electron chi connectivity index (χ0n) is 33.2. The summed E-state index contributed by atoms with van der Waals surface area (Å²) in [6.07, 6.45) is -15.6. The summed E-state index contributed by atoms with van der Waals surface area (Å²) in [6, 6.07) is 4.72. The Morgan fingerprint density at radius 1 is 0.952 bits per heavy atom. The fraction of sp³-hybridized carbons (Fsp3) is 0.488. The largest absolute Gasteiger partial charge is 0.507 e. The van der Waals surface area contributed by atoms with Crippen LogP contribution in [0.2, 0.25) is 0 Å². The predicted molar refractivity (Wildman–Crippen MR) is 208 cm³/mol. The molecule has 3 saturated heterocycles. The van der Waals surface area contributed by atoms with E-state index in [2.05, 4.69) is 10.6 Å². The van der Waals surface area contributed by atoms with Crippen LogP contribution in [-0.4, -0.2) is 153 Å². The fourth-order valence-corrected chi connectivity index (χ4v) is 8.91. The number of aliphatic hydroxyl groups is 8. The average molecular weight is 887 g/mol. The van der Waals surface area contributed by atoms with Gasteiger partial charge in [0.15, 0.2) is 23.0 Å². The minimum Gasteiger partial charge on any atom is -0.507 e. The van der Waals surface area contributed by atoms with E-state index in [0.717, 1.165) is 30.7 Å². The first-order valence-corrected chi connectivity index (χ1v) is 20.0. The molecule has 12 atom stereocenters. The molecule has 63 heavy (non-hydrogen) atoms. The highest BCUT2D eigenvalue weighted by molar-refractivity contribution is 5.89. The Morgan fingerprint density at radius 3 is 2.41 bits per heavy atom. The van der Waals surface area contributed by atoms with Crippen LogP contribution in [-0.2, 0) is 30.2 Å². The normalized spacial score (nSPS) is 33.8. The van der Waals surface area contributed by atoms with Crippen molar-refractivity contribution in [2.45, 2.75) is 105 Å². The molecule has 22 nitrogen and oxygen atoms in total. The van der Waals surface area contributed by atoms with Gasteiger partial charge in [0.2, 0.25) is 24.0 Å². The Hall–Kier alpha value is -5.37. The van der Waals surface area contributed by atoms with Gasteiger partial charge in [-0.05, 0) is 55.0 Å². The number of carboxylic acid groups (broad SMARTS) is 1. The Balaban J connectivity index is 1.23. The molecule has 3 aromatic rings. The van der Waals surface area contributed by atoms with Crippen molar-refractivity contribution in [3.8, 4) is 34.3 Å². The Bertz CT molecular complexity index is 2450. The van der Waals surface area contributed by atoms with E-state index in [1.165, 1.54) is 12.1 Å². The molecule has 1 spiro atoms. The van der Waals surface area contributed by atoms with Crippen molar-refractivity contribution < 1.29 is 94.2 Å². The number of allylic oxidation sites excluding steroid dienone is 2. The lowest BCUT2D eigenvalue weighted by Crippen LogP contribution is -2.70. The molecule has 0 bridgehead atoms. The summed E-state index contributed by atoms with van der Waals surface area (Å²) >= 11 is 0. The predicted octanol–water partition coefficient (Wildman–Crippen LogP) is -2.33. The van der Waals surface area contributed by atoms with Crippen molar-refractivity contribution in [3.05, 3.63) is 69.0 Å². The number of aromatic hydroxyl groups is 3. The summed E-state index contributed by atoms with van der Waals surface area (Å²) in [5.74, 6) is -12.7. The Morgan fingerprint density at radius 2 is 1.70 bits per heavy atom. The molecule has 340 valence electrons. The number of phenolic OH excluding ortho intramolecular Hbond substituents is 3. The number of nitrogens with one attached hydrogen (secondary N) is 2. The lowest BCUT2D eigenvalue weighted by atomic mass is 9.80. The highest BCUT2D eigenvalue weighted by Crippen LogP contribution is 2.52. The van der Waals surface area contributed by atoms with E-state index < -0.39 is 114 Å². The number of benzene rings is 2. The third kappa shape index (κ3) is 7.45. The number of carbonyl (C=O) groups is 2. The van der Waals surface area contributed by atoms with Gasteiger partial charge in [-0.2, -0.15) is 0 Å². The summed E-state index contributed by atoms with van der Waals surface area (Å²) in [5, 5.41) is 133. The molecular weight excluding hydrogens is 840 g/mol. The molecule has 1 aromatic heterocycles. The van der Waals surface area contributed by atoms with E-state index in [1.54, 1.807) is 6.20 Å². The number of carbonyl (C=O) groups excluding carboxylic acids is 1. The van der Waals surface area contributed by atoms with Crippen LogP contribution in [0.25, 0.3) is 22.3 Å². The molecule has 5 aliphatic rings. The van der Waals surface area contributed by atoms with E-state index in [9.17, 15) is 75.7 Å². The van der Waals surface area contributed by atoms with Gasteiger partial charge in [-0.1, -0.05) is 13.0 Å². The molecule has 6 heterocycles. The summed E-state index contributed by atoms with van der Waals surface area (Å²) in [4.78, 5) is 39.4. The van der Waals surface area contributed by atoms with Crippen molar-refractivity contribution in [3.63, 3.8) is 0 Å². The third-order valence-electron chi connectivity index (χ3n) is 12.4. The number of aliphatic carboxylic acids is 1. The molecule has 8 rings (SSSR count). The quantitative estimate of drug-likeness (QED) is 0.0672. The first-order valence-electron chi connectivity index (χ1n) is 20.0. The Kier molecular flexibility index (Phi) is 11.5. The van der Waals surface area contributed by atoms with Gasteiger partial charge < -0.3 is 90.0 Å². The van der Waals surface area contributed by atoms with Crippen molar-refractivity contribution >= 4 is 22.9 Å². The van der Waals surface area contributed by atoms with E-state index in [-0.39, 0.29) is 64.1 Å². The standard InChI is InChI=1S/C41H46N2O20/c1-14-3-6-42-36-19(14)9-17(13-43-36)18-2-5-40(33(52)30(50)29(49)32(63-40)38(56)61-39-31(51)34(53)41(57,58)35(60-39)37(54)55)62-24-12-23-26(28(48)25(18)24)20(45)11-22(59-23)16-8-15(4-7-44)27(47)21(46)10-16/h8-14,18,29-36,39,42-44,46-53,57-58H,2-7H2,1H3,(H,54,55)/t14-,18+,29+,30+,31-,32+,33-,34-,35-,36?,39-,40+/m1/s1. The molecule has 3 fully saturated rings. The molecule has 0 radical (unpaired) electrons. The average Bonchev–Trinajstić information content (AvgIpc) is 3.40. The third-order valence-corrected chi connectivity index (χ3v) is 12.4. The van der Waals surface area contributed by atoms with Crippen LogP contribution in [0.5, 0.6) is 23.0 Å². The molecule has 0 aliphatic carbocycles. The smallest absolute Gasteiger partial charge is 0.340 e. The van der Waals surface area contributed by atoms with E-state index in [0.29, 0.717) is 5.57 Å². The summed E-state index contributed by atoms with van der Waals surface area (Å²) in [6.45, 7) is 2.38. The van der Waals surface area contributed by atoms with E-state index >= 15 is 0 Å². The number of rotatable bonds is 7. The van der Waals surface area contributed by atoms with Crippen LogP contribution in [0.1, 0.15) is 43.2 Å². The summed E-state index contributed by atoms with van der Waals surface area (Å²) < 4.78 is 28.5. The topological polar surface area (TPSA) is 368 Å². The van der Waals surface area contributed by atoms with E-state index in [1.807, 2.05) is 13.0 Å². The van der Waals surface area contributed by atoms with Gasteiger partial charge in [0.25, 0.3) is 0 Å². The fourth-order valence-electron chi connectivity index (χ4n) is 8.91. The van der Waals surface area contributed by atoms with Gasteiger partial charge in [0, 0.05) is 54.0 Å². The van der Waals surface area contributed by atoms with Crippen molar-refractivity contribution in [2.24, 2.45) is 5.92 Å². The second-order valence-electron chi connectivity index (χ2n) is 16.3. The van der Waals surface area contributed by atoms with Crippen LogP contribution in [0.3, 0.4) is 0 Å². The molecule has 2 aromatic carbocycles. The molecule has 5 aliphatic heterocycles. The molecule has 0 amide bonds. The first-order chi connectivity index (χ1) is 29.8. The number of hydrogen-bond donors (Lipinski definition) is 14. The molecular formula is C41H46N2O20. The van der Waals surface area contributed by atoms with Crippen LogP contribution < -0.4 is 20.8 Å². The lowest BCUT2D eigenvalue weighted by Gasteiger charge is -2.47. The number of aliphatic hydroxyl groups excluding tert-OH is 6. The van der Waals surface area contributed by atoms with Crippen LogP contribution >= 0.6 is 0 Å². The lowest BCUT2D eigenvalue weighted by molar-refractivity contribution is -0.375. The van der Waals surface area contributed by atoms with Gasteiger partial charge in [0.05, 0.1) is 6.17 Å². The maximum atomic E-state index is 13.9. The van der Waals surface area contributed by atoms with E-state index in [4.69, 9.17) is 23.4 Å². The maximum Gasteiger partial charge on any atom is 0.340 e. The Labute approximate surface area is 355 Å². The van der Waals surface area contributed by atoms with Crippen LogP contribution in [0.4, 0.5) is 0 Å². The maximum absolute atomic E-state index is 13.9. The second-order valence-corrected chi connectivity index (χ2v) is 16.3. The number of esters is 1. The first kappa shape index (κ1) is 44.2. The zero-order chi connectivity index (χ0) is 45.4. The minimum atomic E-state index is -3.55. The van der Waals surface area contributed by atoms with Crippen LogP contribution in [0, 0.1) is 5.92 Å². The van der Waals surface area contributed by atoms with Gasteiger partial charge in [-0.25, -0.2) is 9.59 Å². The van der Waals surface area contributed by atoms with Gasteiger partial charge in [-0.15, -0.1) is 0 Å². The van der Waals surface area contributed by atoms with Crippen molar-refractivity contribution in [1.29, 1.82) is 0 Å². The molecule has 14 N–H and O–H groups in total. The van der Waals surface area contributed by atoms with Crippen molar-refractivity contribution in [1.82, 2.24) is 10.6 Å². The second kappa shape index (κ2) is 16.3. The van der Waals surface area contributed by atoms with Crippen molar-refractivity contribution in [2.75, 3.05) is 13.2 Å². The SMILES string of the molecule is C[C@@H]1CCNC2NC=C([C@@H]3CC[C@]4(Oc5cc6oc(-c7cc(O)c(O)c(CCO)c7)cc(=O)c6c(O)c53)O[C@H](C(=O)O[C@H]3O[C@H](C(=O)O)C(O)(O)[C@H](O)[C@H]3O)[C@@H](O)[C@H](O)[C@H]4O)C=C21. The zero-order valence-corrected chi connectivity index (χ0v) is 33.2. The minimum absolute atomic E-state index is 0.00818. The highest BCUT2D eigenvalue weighted by Gasteiger charge is 2.62. The van der Waals surface area contributed by atoms with Gasteiger partial charge in [0.1, 0.15) is 58.7 Å². The number of piperidine rings is 1. The summed E-state index contributed by atoms with van der Waals surface area (Å²) in [7, 11) is 0. The number of ether oxygens (including phenoxy) is 4. The van der Waals surface area contributed by atoms with Gasteiger partial charge >= 0.3 is 11.9 Å². The number of dihydropyridines is 1.